The monoisotopic (exact) mass is 531 g/mol. The number of thiocarbonyl (C=S) groups is 1. The van der Waals surface area contributed by atoms with Gasteiger partial charge in [0.2, 0.25) is 5.91 Å². The van der Waals surface area contributed by atoms with Crippen molar-refractivity contribution in [2.24, 2.45) is 0 Å². The molecule has 2 aromatic carbocycles. The average molecular weight is 532 g/mol. The number of amides is 2. The molecule has 1 N–H and O–H groups in total. The van der Waals surface area contributed by atoms with Gasteiger partial charge in [-0.1, -0.05) is 11.6 Å². The number of hydrogen-bond acceptors (Lipinski definition) is 5. The highest BCUT2D eigenvalue weighted by atomic mass is 35.5. The van der Waals surface area contributed by atoms with Gasteiger partial charge in [-0.3, -0.25) is 19.4 Å². The van der Waals surface area contributed by atoms with E-state index >= 15 is 0 Å². The van der Waals surface area contributed by atoms with E-state index in [1.165, 1.54) is 12.1 Å². The Bertz CT molecular complexity index is 1080. The molecule has 4 rings (SSSR count). The first-order chi connectivity index (χ1) is 17.4. The molecular weight excluding hydrogens is 501 g/mol. The Balaban J connectivity index is 1.28. The zero-order valence-corrected chi connectivity index (χ0v) is 21.9. The number of carbonyl (C=O) groups is 2. The van der Waals surface area contributed by atoms with E-state index in [0.717, 1.165) is 44.8 Å². The fraction of sp³-hybridized carbons (Fsp3) is 0.423. The molecule has 0 spiro atoms. The maximum Gasteiger partial charge on any atom is 0.252 e. The molecule has 0 saturated carbocycles. The van der Waals surface area contributed by atoms with Crippen LogP contribution in [-0.2, 0) is 9.59 Å². The Kier molecular flexibility index (Phi) is 8.77. The van der Waals surface area contributed by atoms with Gasteiger partial charge in [0.05, 0.1) is 6.42 Å². The summed E-state index contributed by atoms with van der Waals surface area (Å²) in [4.78, 5) is 33.9. The molecule has 2 aliphatic heterocycles. The number of nitrogens with zero attached hydrogens (tertiary/aromatic N) is 4. The van der Waals surface area contributed by atoms with Gasteiger partial charge in [-0.25, -0.2) is 4.39 Å². The van der Waals surface area contributed by atoms with E-state index in [2.05, 4.69) is 15.1 Å². The van der Waals surface area contributed by atoms with Crippen molar-refractivity contribution in [3.63, 3.8) is 0 Å². The van der Waals surface area contributed by atoms with Crippen LogP contribution in [0.25, 0.3) is 0 Å². The minimum absolute atomic E-state index is 0.0362. The Morgan fingerprint density at radius 3 is 2.36 bits per heavy atom. The van der Waals surface area contributed by atoms with Crippen molar-refractivity contribution < 1.29 is 14.0 Å². The van der Waals surface area contributed by atoms with Gasteiger partial charge < -0.3 is 15.1 Å². The molecule has 192 valence electrons. The van der Waals surface area contributed by atoms with E-state index in [9.17, 15) is 14.0 Å². The van der Waals surface area contributed by atoms with Crippen molar-refractivity contribution in [2.75, 3.05) is 56.0 Å². The van der Waals surface area contributed by atoms with Crippen LogP contribution in [0.15, 0.2) is 48.5 Å². The summed E-state index contributed by atoms with van der Waals surface area (Å²) in [5, 5.41) is 3.92. The van der Waals surface area contributed by atoms with Gasteiger partial charge in [0, 0.05) is 55.7 Å². The van der Waals surface area contributed by atoms with Gasteiger partial charge in [0.1, 0.15) is 11.9 Å². The van der Waals surface area contributed by atoms with Crippen LogP contribution in [0.4, 0.5) is 15.8 Å². The fourth-order valence-electron chi connectivity index (χ4n) is 4.70. The lowest BCUT2D eigenvalue weighted by Crippen LogP contribution is -2.47. The number of halogens is 2. The third kappa shape index (κ3) is 6.32. The molecular formula is C26H31ClFN5O2S. The van der Waals surface area contributed by atoms with Gasteiger partial charge in [-0.05, 0) is 80.6 Å². The average Bonchev–Trinajstić information content (AvgIpc) is 3.09. The summed E-state index contributed by atoms with van der Waals surface area (Å²) in [6, 6.07) is 12.9. The van der Waals surface area contributed by atoms with Crippen molar-refractivity contribution in [1.82, 2.24) is 14.7 Å². The number of piperazine rings is 1. The second kappa shape index (κ2) is 12.0. The maximum absolute atomic E-state index is 13.2. The maximum atomic E-state index is 13.2. The van der Waals surface area contributed by atoms with E-state index in [-0.39, 0.29) is 24.1 Å². The molecule has 1 atom stereocenters. The van der Waals surface area contributed by atoms with Gasteiger partial charge in [0.15, 0.2) is 5.11 Å². The van der Waals surface area contributed by atoms with E-state index in [1.807, 2.05) is 24.0 Å². The molecule has 2 fully saturated rings. The van der Waals surface area contributed by atoms with Gasteiger partial charge in [-0.15, -0.1) is 0 Å². The third-order valence-corrected chi connectivity index (χ3v) is 7.37. The second-order valence-corrected chi connectivity index (χ2v) is 9.79. The van der Waals surface area contributed by atoms with Gasteiger partial charge in [0.25, 0.3) is 5.91 Å². The first-order valence-corrected chi connectivity index (χ1v) is 13.0. The van der Waals surface area contributed by atoms with Crippen LogP contribution in [0.1, 0.15) is 19.8 Å². The molecule has 10 heteroatoms. The van der Waals surface area contributed by atoms with Crippen LogP contribution < -0.4 is 10.2 Å². The third-order valence-electron chi connectivity index (χ3n) is 6.66. The minimum atomic E-state index is -0.597. The Hall–Kier alpha value is -2.75. The molecule has 0 aliphatic carbocycles. The Labute approximate surface area is 221 Å². The van der Waals surface area contributed by atoms with E-state index in [0.29, 0.717) is 28.9 Å². The molecule has 2 aliphatic rings. The topological polar surface area (TPSA) is 59.1 Å². The molecule has 0 bridgehead atoms. The van der Waals surface area contributed by atoms with Crippen molar-refractivity contribution in [3.05, 3.63) is 59.4 Å². The summed E-state index contributed by atoms with van der Waals surface area (Å²) in [6.45, 7) is 7.43. The molecule has 2 amide bonds. The molecule has 2 saturated heterocycles. The van der Waals surface area contributed by atoms with Gasteiger partial charge in [-0.2, -0.15) is 0 Å². The van der Waals surface area contributed by atoms with Crippen LogP contribution >= 0.6 is 23.8 Å². The largest absolute Gasteiger partial charge is 0.369 e. The van der Waals surface area contributed by atoms with Crippen molar-refractivity contribution >= 4 is 52.1 Å². The van der Waals surface area contributed by atoms with Crippen LogP contribution in [0.5, 0.6) is 0 Å². The highest BCUT2D eigenvalue weighted by molar-refractivity contribution is 7.80. The summed E-state index contributed by atoms with van der Waals surface area (Å²) in [5.74, 6) is -0.585. The normalized spacial score (nSPS) is 18.8. The smallest absolute Gasteiger partial charge is 0.252 e. The predicted molar refractivity (Wildman–Crippen MR) is 145 cm³/mol. The van der Waals surface area contributed by atoms with E-state index in [4.69, 9.17) is 23.8 Å². The van der Waals surface area contributed by atoms with Crippen LogP contribution in [0.3, 0.4) is 0 Å². The number of hydrogen-bond donors (Lipinski definition) is 1. The minimum Gasteiger partial charge on any atom is -0.369 e. The molecule has 2 heterocycles. The summed E-state index contributed by atoms with van der Waals surface area (Å²) in [5.41, 5.74) is 1.67. The lowest BCUT2D eigenvalue weighted by molar-refractivity contribution is -0.130. The lowest BCUT2D eigenvalue weighted by Gasteiger charge is -2.36. The second-order valence-electron chi connectivity index (χ2n) is 8.99. The van der Waals surface area contributed by atoms with Crippen LogP contribution in [0.2, 0.25) is 5.02 Å². The number of benzene rings is 2. The number of anilines is 2. The SMILES string of the molecule is CCN1C(=O)[C@@H](CC(=O)Nc2ccc(Cl)cc2)N(CCCN2CCN(c3ccc(F)cc3)CC2)C1=S. The summed E-state index contributed by atoms with van der Waals surface area (Å²) in [7, 11) is 0. The lowest BCUT2D eigenvalue weighted by atomic mass is 10.1. The summed E-state index contributed by atoms with van der Waals surface area (Å²) in [6.07, 6.45) is 0.866. The number of rotatable bonds is 9. The van der Waals surface area contributed by atoms with Crippen molar-refractivity contribution in [2.45, 2.75) is 25.8 Å². The highest BCUT2D eigenvalue weighted by Crippen LogP contribution is 2.23. The zero-order chi connectivity index (χ0) is 25.7. The number of nitrogens with one attached hydrogen (secondary N) is 1. The number of likely N-dealkylation sites (N-methyl/N-ethyl adjacent to an activating group) is 1. The molecule has 7 nitrogen and oxygen atoms in total. The van der Waals surface area contributed by atoms with Crippen LogP contribution in [0, 0.1) is 5.82 Å². The Morgan fingerprint density at radius 2 is 1.72 bits per heavy atom. The molecule has 0 unspecified atom stereocenters. The highest BCUT2D eigenvalue weighted by Gasteiger charge is 2.42. The van der Waals surface area contributed by atoms with Gasteiger partial charge >= 0.3 is 0 Å². The number of carbonyl (C=O) groups excluding carboxylic acids is 2. The predicted octanol–water partition coefficient (Wildman–Crippen LogP) is 3.84. The van der Waals surface area contributed by atoms with E-state index in [1.54, 1.807) is 29.2 Å². The molecule has 0 aromatic heterocycles. The summed E-state index contributed by atoms with van der Waals surface area (Å²) >= 11 is 11.5. The standard InChI is InChI=1S/C26H31ClFN5O2S/c1-2-32-25(35)23(18-24(34)29-21-8-4-19(27)5-9-21)33(26(32)36)13-3-12-30-14-16-31(17-15-30)22-10-6-20(28)7-11-22/h4-11,23H,2-3,12-18H2,1H3,(H,29,34)/t23-/m1/s1. The van der Waals surface area contributed by atoms with Crippen molar-refractivity contribution in [1.29, 1.82) is 0 Å². The summed E-state index contributed by atoms with van der Waals surface area (Å²) < 4.78 is 13.2. The molecule has 0 radical (unpaired) electrons. The molecule has 2 aromatic rings. The van der Waals surface area contributed by atoms with Crippen LogP contribution in [-0.4, -0.2) is 83.5 Å². The first-order valence-electron chi connectivity index (χ1n) is 12.3. The zero-order valence-electron chi connectivity index (χ0n) is 20.3. The Morgan fingerprint density at radius 1 is 1.06 bits per heavy atom. The van der Waals surface area contributed by atoms with E-state index < -0.39 is 6.04 Å². The molecule has 36 heavy (non-hydrogen) atoms. The van der Waals surface area contributed by atoms with Crippen molar-refractivity contribution in [3.8, 4) is 0 Å². The fourth-order valence-corrected chi connectivity index (χ4v) is 5.27. The quantitative estimate of drug-likeness (QED) is 0.496. The first kappa shape index (κ1) is 26.3.